The van der Waals surface area contributed by atoms with Crippen molar-refractivity contribution < 1.29 is 9.63 Å². The standard InChI is InChI=1S/C10H16N2O2/c1-7(13)6-9-11-10(12-14-9)8-4-2-3-5-8/h7-8,13H,2-6H2,1H3. The van der Waals surface area contributed by atoms with Gasteiger partial charge in [-0.25, -0.2) is 0 Å². The largest absolute Gasteiger partial charge is 0.393 e. The van der Waals surface area contributed by atoms with Crippen LogP contribution in [0.4, 0.5) is 0 Å². The van der Waals surface area contributed by atoms with Crippen LogP contribution in [0, 0.1) is 0 Å². The van der Waals surface area contributed by atoms with Crippen LogP contribution in [0.25, 0.3) is 0 Å². The Morgan fingerprint density at radius 1 is 1.50 bits per heavy atom. The van der Waals surface area contributed by atoms with E-state index < -0.39 is 6.10 Å². The van der Waals surface area contributed by atoms with E-state index in [4.69, 9.17) is 9.63 Å². The molecule has 0 amide bonds. The molecule has 78 valence electrons. The Balaban J connectivity index is 2.01. The van der Waals surface area contributed by atoms with Gasteiger partial charge in [-0.15, -0.1) is 0 Å². The number of nitrogens with zero attached hydrogens (tertiary/aromatic N) is 2. The van der Waals surface area contributed by atoms with E-state index in [9.17, 15) is 0 Å². The van der Waals surface area contributed by atoms with E-state index in [1.165, 1.54) is 25.7 Å². The lowest BCUT2D eigenvalue weighted by atomic mass is 10.1. The van der Waals surface area contributed by atoms with Crippen LogP contribution in [0.15, 0.2) is 4.52 Å². The maximum atomic E-state index is 9.15. The first-order valence-corrected chi connectivity index (χ1v) is 5.26. The minimum Gasteiger partial charge on any atom is -0.393 e. The third kappa shape index (κ3) is 2.12. The average Bonchev–Trinajstić information content (AvgIpc) is 2.69. The van der Waals surface area contributed by atoms with E-state index >= 15 is 0 Å². The summed E-state index contributed by atoms with van der Waals surface area (Å²) in [6, 6.07) is 0. The van der Waals surface area contributed by atoms with Crippen LogP contribution in [0.1, 0.15) is 50.2 Å². The van der Waals surface area contributed by atoms with Gasteiger partial charge >= 0.3 is 0 Å². The Morgan fingerprint density at radius 2 is 2.21 bits per heavy atom. The minimum atomic E-state index is -0.410. The molecule has 1 atom stereocenters. The average molecular weight is 196 g/mol. The van der Waals surface area contributed by atoms with Crippen LogP contribution in [0.2, 0.25) is 0 Å². The summed E-state index contributed by atoms with van der Waals surface area (Å²) in [7, 11) is 0. The number of hydrogen-bond acceptors (Lipinski definition) is 4. The van der Waals surface area contributed by atoms with Gasteiger partial charge in [0, 0.05) is 5.92 Å². The fourth-order valence-electron chi connectivity index (χ4n) is 1.95. The topological polar surface area (TPSA) is 59.2 Å². The molecule has 1 aliphatic rings. The second-order valence-corrected chi connectivity index (χ2v) is 4.08. The maximum absolute atomic E-state index is 9.15. The van der Waals surface area contributed by atoms with Crippen molar-refractivity contribution in [1.82, 2.24) is 10.1 Å². The highest BCUT2D eigenvalue weighted by molar-refractivity contribution is 4.98. The highest BCUT2D eigenvalue weighted by atomic mass is 16.5. The van der Waals surface area contributed by atoms with Crippen LogP contribution in [-0.4, -0.2) is 21.4 Å². The summed E-state index contributed by atoms with van der Waals surface area (Å²) >= 11 is 0. The molecule has 0 bridgehead atoms. The molecule has 1 saturated carbocycles. The van der Waals surface area contributed by atoms with Crippen molar-refractivity contribution in [1.29, 1.82) is 0 Å². The Kier molecular flexibility index (Phi) is 2.82. The molecule has 2 rings (SSSR count). The van der Waals surface area contributed by atoms with Crippen molar-refractivity contribution in [3.63, 3.8) is 0 Å². The van der Waals surface area contributed by atoms with Crippen molar-refractivity contribution in [3.05, 3.63) is 11.7 Å². The minimum absolute atomic E-state index is 0.410. The number of aliphatic hydroxyl groups excluding tert-OH is 1. The van der Waals surface area contributed by atoms with Crippen molar-refractivity contribution in [2.24, 2.45) is 0 Å². The first kappa shape index (κ1) is 9.65. The van der Waals surface area contributed by atoms with Gasteiger partial charge in [0.25, 0.3) is 0 Å². The van der Waals surface area contributed by atoms with Gasteiger partial charge in [-0.3, -0.25) is 0 Å². The lowest BCUT2D eigenvalue weighted by Crippen LogP contribution is -2.04. The first-order chi connectivity index (χ1) is 6.75. The summed E-state index contributed by atoms with van der Waals surface area (Å²) in [6.45, 7) is 1.72. The monoisotopic (exact) mass is 196 g/mol. The van der Waals surface area contributed by atoms with Gasteiger partial charge in [0.15, 0.2) is 5.82 Å². The van der Waals surface area contributed by atoms with Crippen LogP contribution < -0.4 is 0 Å². The molecule has 14 heavy (non-hydrogen) atoms. The zero-order valence-corrected chi connectivity index (χ0v) is 8.44. The van der Waals surface area contributed by atoms with E-state index in [-0.39, 0.29) is 0 Å². The number of hydrogen-bond donors (Lipinski definition) is 1. The molecular weight excluding hydrogens is 180 g/mol. The quantitative estimate of drug-likeness (QED) is 0.798. The molecule has 0 spiro atoms. The van der Waals surface area contributed by atoms with Crippen LogP contribution in [0.5, 0.6) is 0 Å². The predicted molar refractivity (Wildman–Crippen MR) is 50.9 cm³/mol. The zero-order chi connectivity index (χ0) is 9.97. The Bertz CT molecular complexity index is 290. The molecule has 1 aliphatic carbocycles. The fourth-order valence-corrected chi connectivity index (χ4v) is 1.95. The summed E-state index contributed by atoms with van der Waals surface area (Å²) in [5.74, 6) is 1.88. The summed E-state index contributed by atoms with van der Waals surface area (Å²) in [4.78, 5) is 4.29. The second-order valence-electron chi connectivity index (χ2n) is 4.08. The van der Waals surface area contributed by atoms with Crippen molar-refractivity contribution >= 4 is 0 Å². The highest BCUT2D eigenvalue weighted by Crippen LogP contribution is 2.32. The summed E-state index contributed by atoms with van der Waals surface area (Å²) in [5.41, 5.74) is 0. The lowest BCUT2D eigenvalue weighted by Gasteiger charge is -1.99. The molecule has 0 aliphatic heterocycles. The smallest absolute Gasteiger partial charge is 0.229 e. The number of rotatable bonds is 3. The molecule has 1 fully saturated rings. The molecule has 1 N–H and O–H groups in total. The molecule has 0 radical (unpaired) electrons. The van der Waals surface area contributed by atoms with Crippen molar-refractivity contribution in [2.45, 2.75) is 51.0 Å². The molecular formula is C10H16N2O2. The molecule has 1 unspecified atom stereocenters. The molecule has 1 aromatic heterocycles. The lowest BCUT2D eigenvalue weighted by molar-refractivity contribution is 0.181. The Morgan fingerprint density at radius 3 is 2.86 bits per heavy atom. The predicted octanol–water partition coefficient (Wildman–Crippen LogP) is 1.65. The van der Waals surface area contributed by atoms with Gasteiger partial charge in [0.1, 0.15) is 0 Å². The Labute approximate surface area is 83.3 Å². The van der Waals surface area contributed by atoms with E-state index in [1.54, 1.807) is 6.92 Å². The van der Waals surface area contributed by atoms with Gasteiger partial charge in [-0.05, 0) is 19.8 Å². The molecule has 4 heteroatoms. The van der Waals surface area contributed by atoms with Gasteiger partial charge < -0.3 is 9.63 Å². The summed E-state index contributed by atoms with van der Waals surface area (Å²) in [5, 5.41) is 13.1. The van der Waals surface area contributed by atoms with Crippen LogP contribution >= 0.6 is 0 Å². The maximum Gasteiger partial charge on any atom is 0.229 e. The zero-order valence-electron chi connectivity index (χ0n) is 8.44. The van der Waals surface area contributed by atoms with Gasteiger partial charge in [0.2, 0.25) is 5.89 Å². The second kappa shape index (κ2) is 4.09. The van der Waals surface area contributed by atoms with Crippen molar-refractivity contribution in [3.8, 4) is 0 Å². The number of aliphatic hydroxyl groups is 1. The fraction of sp³-hybridized carbons (Fsp3) is 0.800. The molecule has 1 aromatic rings. The first-order valence-electron chi connectivity index (χ1n) is 5.26. The Hall–Kier alpha value is -0.900. The van der Waals surface area contributed by atoms with Gasteiger partial charge in [-0.2, -0.15) is 4.98 Å². The highest BCUT2D eigenvalue weighted by Gasteiger charge is 2.22. The van der Waals surface area contributed by atoms with E-state index in [0.717, 1.165) is 5.82 Å². The summed E-state index contributed by atoms with van der Waals surface area (Å²) in [6.07, 6.45) is 4.93. The summed E-state index contributed by atoms with van der Waals surface area (Å²) < 4.78 is 5.07. The molecule has 0 aromatic carbocycles. The number of aromatic nitrogens is 2. The van der Waals surface area contributed by atoms with E-state index in [2.05, 4.69) is 10.1 Å². The van der Waals surface area contributed by atoms with Gasteiger partial charge in [0.05, 0.1) is 12.5 Å². The molecule has 4 nitrogen and oxygen atoms in total. The van der Waals surface area contributed by atoms with Crippen LogP contribution in [-0.2, 0) is 6.42 Å². The van der Waals surface area contributed by atoms with E-state index in [1.807, 2.05) is 0 Å². The third-order valence-corrected chi connectivity index (χ3v) is 2.67. The molecule has 1 heterocycles. The third-order valence-electron chi connectivity index (χ3n) is 2.67. The van der Waals surface area contributed by atoms with Crippen molar-refractivity contribution in [2.75, 3.05) is 0 Å². The SMILES string of the molecule is CC(O)Cc1nc(C2CCCC2)no1. The molecule has 0 saturated heterocycles. The van der Waals surface area contributed by atoms with Gasteiger partial charge in [-0.1, -0.05) is 18.0 Å². The normalized spacial score (nSPS) is 20.1. The van der Waals surface area contributed by atoms with E-state index in [0.29, 0.717) is 18.2 Å². The van der Waals surface area contributed by atoms with Crippen LogP contribution in [0.3, 0.4) is 0 Å².